The number of amides is 2. The van der Waals surface area contributed by atoms with E-state index in [-0.39, 0.29) is 17.9 Å². The second kappa shape index (κ2) is 9.49. The monoisotopic (exact) mass is 391 g/mol. The molecule has 2 aliphatic rings. The summed E-state index contributed by atoms with van der Waals surface area (Å²) < 4.78 is 5.21. The third-order valence-corrected chi connectivity index (χ3v) is 5.48. The zero-order valence-electron chi connectivity index (χ0n) is 17.2. The molecule has 0 spiro atoms. The molecule has 1 saturated carbocycles. The van der Waals surface area contributed by atoms with Crippen LogP contribution in [0, 0.1) is 11.8 Å². The summed E-state index contributed by atoms with van der Waals surface area (Å²) in [6, 6.07) is 0.569. The fourth-order valence-electron chi connectivity index (χ4n) is 3.87. The summed E-state index contributed by atoms with van der Waals surface area (Å²) >= 11 is 0. The fraction of sp³-hybridized carbons (Fsp3) is 0.800. The first-order valence-corrected chi connectivity index (χ1v) is 10.5. The van der Waals surface area contributed by atoms with Crippen molar-refractivity contribution in [2.45, 2.75) is 77.9 Å². The van der Waals surface area contributed by atoms with Crippen molar-refractivity contribution in [2.24, 2.45) is 11.8 Å². The van der Waals surface area contributed by atoms with Crippen LogP contribution in [-0.2, 0) is 22.6 Å². The van der Waals surface area contributed by atoms with Gasteiger partial charge in [-0.3, -0.25) is 14.5 Å². The van der Waals surface area contributed by atoms with Gasteiger partial charge in [0.15, 0.2) is 5.82 Å². The third-order valence-electron chi connectivity index (χ3n) is 5.48. The molecule has 1 aliphatic carbocycles. The first-order chi connectivity index (χ1) is 13.4. The molecular weight excluding hydrogens is 358 g/mol. The van der Waals surface area contributed by atoms with Crippen molar-refractivity contribution in [3.63, 3.8) is 0 Å². The van der Waals surface area contributed by atoms with Gasteiger partial charge in [-0.1, -0.05) is 19.0 Å². The van der Waals surface area contributed by atoms with E-state index < -0.39 is 0 Å². The first kappa shape index (κ1) is 20.8. The molecule has 156 valence electrons. The van der Waals surface area contributed by atoms with Crippen molar-refractivity contribution >= 4 is 11.8 Å². The minimum absolute atomic E-state index is 0.00418. The lowest BCUT2D eigenvalue weighted by molar-refractivity contribution is -0.123. The van der Waals surface area contributed by atoms with Crippen molar-refractivity contribution < 1.29 is 14.1 Å². The number of hydrogen-bond donors (Lipinski definition) is 2. The molecule has 2 atom stereocenters. The molecular formula is C20H33N5O3. The highest BCUT2D eigenvalue weighted by molar-refractivity contribution is 5.76. The molecule has 1 aromatic rings. The van der Waals surface area contributed by atoms with Crippen LogP contribution in [0.25, 0.3) is 0 Å². The lowest BCUT2D eigenvalue weighted by atomic mass is 10.1. The molecule has 1 saturated heterocycles. The average molecular weight is 392 g/mol. The number of likely N-dealkylation sites (tertiary alicyclic amines) is 1. The predicted octanol–water partition coefficient (Wildman–Crippen LogP) is 1.65. The summed E-state index contributed by atoms with van der Waals surface area (Å²) in [5.41, 5.74) is 0. The van der Waals surface area contributed by atoms with Crippen molar-refractivity contribution in [3.8, 4) is 0 Å². The van der Waals surface area contributed by atoms with E-state index in [2.05, 4.69) is 39.5 Å². The van der Waals surface area contributed by atoms with Crippen molar-refractivity contribution in [3.05, 3.63) is 11.7 Å². The van der Waals surface area contributed by atoms with Crippen LogP contribution < -0.4 is 10.6 Å². The summed E-state index contributed by atoms with van der Waals surface area (Å²) in [4.78, 5) is 30.5. The maximum Gasteiger partial charge on any atom is 0.226 e. The maximum atomic E-state index is 12.5. The molecule has 0 radical (unpaired) electrons. The number of carbonyl (C=O) groups is 2. The van der Waals surface area contributed by atoms with E-state index in [0.29, 0.717) is 43.2 Å². The minimum atomic E-state index is 0.00418. The number of nitrogens with zero attached hydrogens (tertiary/aromatic N) is 3. The zero-order chi connectivity index (χ0) is 20.1. The van der Waals surface area contributed by atoms with Gasteiger partial charge in [0, 0.05) is 44.9 Å². The van der Waals surface area contributed by atoms with Gasteiger partial charge in [0.1, 0.15) is 0 Å². The van der Waals surface area contributed by atoms with Crippen LogP contribution in [0.1, 0.15) is 64.6 Å². The standard InChI is InChI=1S/C20H33N5O3/c1-13(2)8-20-23-18(24-28-20)11-22-19(27)9-16-6-7-17(10-21-14(3)26)25(16)12-15-4-5-15/h13,15-17H,4-12H2,1-3H3,(H,21,26)(H,22,27)/t16-,17+/m0/s1. The molecule has 1 aliphatic heterocycles. The number of hydrogen-bond acceptors (Lipinski definition) is 6. The molecule has 2 heterocycles. The van der Waals surface area contributed by atoms with Crippen molar-refractivity contribution in [2.75, 3.05) is 13.1 Å². The number of nitrogens with one attached hydrogen (secondary N) is 2. The molecule has 2 N–H and O–H groups in total. The summed E-state index contributed by atoms with van der Waals surface area (Å²) in [7, 11) is 0. The Bertz CT molecular complexity index is 671. The Morgan fingerprint density at radius 1 is 1.18 bits per heavy atom. The molecule has 2 amide bonds. The normalized spacial score (nSPS) is 22.6. The smallest absolute Gasteiger partial charge is 0.226 e. The van der Waals surface area contributed by atoms with Gasteiger partial charge in [-0.2, -0.15) is 4.98 Å². The SMILES string of the molecule is CC(=O)NC[C@H]1CC[C@@H](CC(=O)NCc2noc(CC(C)C)n2)N1CC1CC1. The Hall–Kier alpha value is -1.96. The Kier molecular flexibility index (Phi) is 7.04. The summed E-state index contributed by atoms with van der Waals surface area (Å²) in [6.07, 6.45) is 5.78. The van der Waals surface area contributed by atoms with E-state index in [9.17, 15) is 9.59 Å². The summed E-state index contributed by atoms with van der Waals surface area (Å²) in [6.45, 7) is 7.74. The zero-order valence-corrected chi connectivity index (χ0v) is 17.2. The van der Waals surface area contributed by atoms with Gasteiger partial charge in [-0.15, -0.1) is 0 Å². The van der Waals surface area contributed by atoms with Crippen LogP contribution in [0.15, 0.2) is 4.52 Å². The molecule has 28 heavy (non-hydrogen) atoms. The van der Waals surface area contributed by atoms with Crippen LogP contribution in [-0.4, -0.2) is 52.0 Å². The quantitative estimate of drug-likeness (QED) is 0.629. The lowest BCUT2D eigenvalue weighted by Crippen LogP contribution is -2.45. The topological polar surface area (TPSA) is 100 Å². The van der Waals surface area contributed by atoms with Crippen LogP contribution in [0.4, 0.5) is 0 Å². The van der Waals surface area contributed by atoms with Gasteiger partial charge >= 0.3 is 0 Å². The number of aromatic nitrogens is 2. The highest BCUT2D eigenvalue weighted by atomic mass is 16.5. The summed E-state index contributed by atoms with van der Waals surface area (Å²) in [5.74, 6) is 2.36. The maximum absolute atomic E-state index is 12.5. The number of carbonyl (C=O) groups excluding carboxylic acids is 2. The molecule has 2 fully saturated rings. The predicted molar refractivity (Wildman–Crippen MR) is 104 cm³/mol. The second-order valence-electron chi connectivity index (χ2n) is 8.65. The third kappa shape index (κ3) is 6.29. The minimum Gasteiger partial charge on any atom is -0.355 e. The molecule has 1 aromatic heterocycles. The molecule has 0 aromatic carbocycles. The lowest BCUT2D eigenvalue weighted by Gasteiger charge is -2.30. The summed E-state index contributed by atoms with van der Waals surface area (Å²) in [5, 5.41) is 9.80. The largest absolute Gasteiger partial charge is 0.355 e. The van der Waals surface area contributed by atoms with Gasteiger partial charge in [-0.25, -0.2) is 0 Å². The van der Waals surface area contributed by atoms with E-state index >= 15 is 0 Å². The molecule has 0 bridgehead atoms. The average Bonchev–Trinajstić information content (AvgIpc) is 3.21. The highest BCUT2D eigenvalue weighted by Crippen LogP contribution is 2.35. The van der Waals surface area contributed by atoms with Gasteiger partial charge in [0.05, 0.1) is 6.54 Å². The van der Waals surface area contributed by atoms with Gasteiger partial charge in [0.2, 0.25) is 17.7 Å². The Morgan fingerprint density at radius 2 is 1.93 bits per heavy atom. The molecule has 3 rings (SSSR count). The highest BCUT2D eigenvalue weighted by Gasteiger charge is 2.37. The van der Waals surface area contributed by atoms with Crippen LogP contribution in [0.2, 0.25) is 0 Å². The first-order valence-electron chi connectivity index (χ1n) is 10.5. The van der Waals surface area contributed by atoms with Crippen molar-refractivity contribution in [1.82, 2.24) is 25.7 Å². The van der Waals surface area contributed by atoms with E-state index in [0.717, 1.165) is 31.7 Å². The van der Waals surface area contributed by atoms with Crippen LogP contribution >= 0.6 is 0 Å². The molecule has 8 heteroatoms. The Balaban J connectivity index is 1.47. The Labute approximate surface area is 166 Å². The van der Waals surface area contributed by atoms with Gasteiger partial charge in [-0.05, 0) is 37.5 Å². The van der Waals surface area contributed by atoms with Crippen LogP contribution in [0.3, 0.4) is 0 Å². The van der Waals surface area contributed by atoms with Gasteiger partial charge in [0.25, 0.3) is 0 Å². The van der Waals surface area contributed by atoms with Crippen molar-refractivity contribution in [1.29, 1.82) is 0 Å². The van der Waals surface area contributed by atoms with Gasteiger partial charge < -0.3 is 15.2 Å². The van der Waals surface area contributed by atoms with Crippen LogP contribution in [0.5, 0.6) is 0 Å². The fourth-order valence-corrected chi connectivity index (χ4v) is 3.87. The Morgan fingerprint density at radius 3 is 2.61 bits per heavy atom. The number of rotatable bonds is 10. The molecule has 0 unspecified atom stereocenters. The second-order valence-corrected chi connectivity index (χ2v) is 8.65. The van der Waals surface area contributed by atoms with E-state index in [1.807, 2.05) is 0 Å². The molecule has 8 nitrogen and oxygen atoms in total. The van der Waals surface area contributed by atoms with E-state index in [1.54, 1.807) is 6.92 Å². The van der Waals surface area contributed by atoms with E-state index in [1.165, 1.54) is 12.8 Å². The van der Waals surface area contributed by atoms with E-state index in [4.69, 9.17) is 4.52 Å².